The van der Waals surface area contributed by atoms with Crippen LogP contribution in [0.5, 0.6) is 0 Å². The monoisotopic (exact) mass is 547 g/mol. The van der Waals surface area contributed by atoms with Gasteiger partial charge < -0.3 is 10.6 Å². The largest absolute Gasteiger partial charge is 0.350 e. The molecular weight excluding hydrogens is 522 g/mol. The number of nitrogens with zero attached hydrogens (tertiary/aromatic N) is 5. The van der Waals surface area contributed by atoms with E-state index in [1.807, 2.05) is 24.3 Å². The number of halogens is 1. The number of benzene rings is 2. The molecule has 0 saturated heterocycles. The first-order chi connectivity index (χ1) is 17.6. The van der Waals surface area contributed by atoms with E-state index >= 15 is 0 Å². The third-order valence-electron chi connectivity index (χ3n) is 6.55. The topological polar surface area (TPSA) is 115 Å². The second-order valence-electron chi connectivity index (χ2n) is 8.96. The normalized spacial score (nSPS) is 14.0. The van der Waals surface area contributed by atoms with E-state index in [1.165, 1.54) is 31.7 Å². The van der Waals surface area contributed by atoms with Crippen LogP contribution in [0.2, 0.25) is 0 Å². The molecule has 0 aliphatic heterocycles. The number of carbonyl (C=O) groups excluding carboxylic acids is 2. The Kier molecular flexibility index (Phi) is 7.31. The van der Waals surface area contributed by atoms with Crippen LogP contribution in [0.1, 0.15) is 58.5 Å². The Balaban J connectivity index is 1.38. The van der Waals surface area contributed by atoms with Crippen molar-refractivity contribution in [2.24, 2.45) is 5.92 Å². The van der Waals surface area contributed by atoms with Crippen molar-refractivity contribution in [2.75, 3.05) is 11.9 Å². The molecule has 0 radical (unpaired) electrons. The van der Waals surface area contributed by atoms with Crippen LogP contribution in [-0.4, -0.2) is 43.3 Å². The minimum Gasteiger partial charge on any atom is -0.350 e. The van der Waals surface area contributed by atoms with Gasteiger partial charge in [0, 0.05) is 40.6 Å². The van der Waals surface area contributed by atoms with E-state index < -0.39 is 0 Å². The van der Waals surface area contributed by atoms with Crippen molar-refractivity contribution in [3.63, 3.8) is 0 Å². The van der Waals surface area contributed by atoms with E-state index in [0.717, 1.165) is 33.7 Å². The highest BCUT2D eigenvalue weighted by molar-refractivity contribution is 9.10. The van der Waals surface area contributed by atoms with E-state index in [9.17, 15) is 9.59 Å². The number of nitrogens with one attached hydrogen (secondary N) is 2. The molecule has 1 aliphatic carbocycles. The average molecular weight is 548 g/mol. The first kappa shape index (κ1) is 24.1. The summed E-state index contributed by atoms with van der Waals surface area (Å²) in [4.78, 5) is 34.7. The molecule has 184 valence electrons. The lowest BCUT2D eigenvalue weighted by atomic mass is 9.89. The molecule has 2 amide bonds. The fourth-order valence-corrected chi connectivity index (χ4v) is 5.36. The van der Waals surface area contributed by atoms with Gasteiger partial charge in [-0.25, -0.2) is 14.6 Å². The molecular formula is C26H26BrN7O2. The molecule has 4 aromatic rings. The maximum absolute atomic E-state index is 13.4. The Morgan fingerprint density at radius 2 is 1.83 bits per heavy atom. The van der Waals surface area contributed by atoms with Crippen LogP contribution in [0.25, 0.3) is 10.8 Å². The summed E-state index contributed by atoms with van der Waals surface area (Å²) in [5, 5.41) is 15.4. The van der Waals surface area contributed by atoms with Crippen LogP contribution in [0.15, 0.2) is 59.6 Å². The highest BCUT2D eigenvalue weighted by atomic mass is 79.9. The van der Waals surface area contributed by atoms with E-state index in [-0.39, 0.29) is 23.3 Å². The van der Waals surface area contributed by atoms with Crippen molar-refractivity contribution >= 4 is 44.3 Å². The number of fused-ring (bicyclic) bond motifs is 1. The lowest BCUT2D eigenvalue weighted by molar-refractivity contribution is 0.0939. The number of aromatic nitrogens is 5. The van der Waals surface area contributed by atoms with Crippen molar-refractivity contribution in [1.82, 2.24) is 30.3 Å². The van der Waals surface area contributed by atoms with Gasteiger partial charge >= 0.3 is 0 Å². The third kappa shape index (κ3) is 5.28. The summed E-state index contributed by atoms with van der Waals surface area (Å²) in [5.74, 6) is -0.0799. The fourth-order valence-electron chi connectivity index (χ4n) is 4.74. The van der Waals surface area contributed by atoms with Crippen LogP contribution in [0.3, 0.4) is 0 Å². The van der Waals surface area contributed by atoms with Gasteiger partial charge in [0.25, 0.3) is 11.8 Å². The van der Waals surface area contributed by atoms with E-state index in [2.05, 4.69) is 46.8 Å². The van der Waals surface area contributed by atoms with Crippen LogP contribution in [-0.2, 0) is 6.54 Å². The zero-order valence-corrected chi connectivity index (χ0v) is 21.2. The summed E-state index contributed by atoms with van der Waals surface area (Å²) in [6.45, 7) is 1.12. The Morgan fingerprint density at radius 3 is 2.64 bits per heavy atom. The van der Waals surface area contributed by atoms with Gasteiger partial charge in [-0.1, -0.05) is 58.6 Å². The number of hydrogen-bond acceptors (Lipinski definition) is 6. The smallest absolute Gasteiger partial charge is 0.273 e. The molecule has 2 aromatic carbocycles. The van der Waals surface area contributed by atoms with Crippen LogP contribution < -0.4 is 10.6 Å². The number of amides is 2. The van der Waals surface area contributed by atoms with Crippen molar-refractivity contribution < 1.29 is 9.59 Å². The molecule has 0 bridgehead atoms. The number of hydrogen-bond donors (Lipinski definition) is 2. The van der Waals surface area contributed by atoms with Crippen molar-refractivity contribution in [3.8, 4) is 0 Å². The van der Waals surface area contributed by atoms with Gasteiger partial charge in [-0.2, -0.15) is 0 Å². The summed E-state index contributed by atoms with van der Waals surface area (Å²) < 4.78 is 2.60. The summed E-state index contributed by atoms with van der Waals surface area (Å²) >= 11 is 3.63. The Labute approximate surface area is 216 Å². The molecule has 1 aliphatic rings. The minimum absolute atomic E-state index is 0.106. The molecule has 1 saturated carbocycles. The molecule has 0 atom stereocenters. The highest BCUT2D eigenvalue weighted by Crippen LogP contribution is 2.31. The number of rotatable bonds is 7. The fraction of sp³-hybridized carbons (Fsp3) is 0.308. The molecule has 1 fully saturated rings. The lowest BCUT2D eigenvalue weighted by Gasteiger charge is -2.21. The van der Waals surface area contributed by atoms with E-state index in [1.54, 1.807) is 23.1 Å². The Hall–Kier alpha value is -3.66. The Morgan fingerprint density at radius 1 is 1.00 bits per heavy atom. The summed E-state index contributed by atoms with van der Waals surface area (Å²) in [6.07, 6.45) is 12.3. The van der Waals surface area contributed by atoms with Crippen LogP contribution in [0.4, 0.5) is 5.82 Å². The molecule has 5 rings (SSSR count). The first-order valence-corrected chi connectivity index (χ1v) is 12.8. The molecule has 2 heterocycles. The summed E-state index contributed by atoms with van der Waals surface area (Å²) in [6, 6.07) is 9.39. The quantitative estimate of drug-likeness (QED) is 0.349. The summed E-state index contributed by atoms with van der Waals surface area (Å²) in [5.41, 5.74) is 1.56. The SMILES string of the molecule is O=C(NCC1CCCCC1)c1nccnc1NC(=O)c1ccc(Cn2ccnn2)c2c(Br)cccc12. The zero-order chi connectivity index (χ0) is 24.9. The van der Waals surface area contributed by atoms with Gasteiger partial charge in [-0.3, -0.25) is 9.59 Å². The molecule has 10 heteroatoms. The second-order valence-corrected chi connectivity index (χ2v) is 9.81. The zero-order valence-electron chi connectivity index (χ0n) is 19.7. The lowest BCUT2D eigenvalue weighted by Crippen LogP contribution is -2.32. The maximum atomic E-state index is 13.4. The second kappa shape index (κ2) is 10.9. The molecule has 2 aromatic heterocycles. The molecule has 2 N–H and O–H groups in total. The van der Waals surface area contributed by atoms with Crippen LogP contribution in [0, 0.1) is 5.92 Å². The van der Waals surface area contributed by atoms with Crippen molar-refractivity contribution in [2.45, 2.75) is 38.6 Å². The molecule has 9 nitrogen and oxygen atoms in total. The average Bonchev–Trinajstić information content (AvgIpc) is 3.41. The third-order valence-corrected chi connectivity index (χ3v) is 7.21. The van der Waals surface area contributed by atoms with Crippen LogP contribution >= 0.6 is 15.9 Å². The highest BCUT2D eigenvalue weighted by Gasteiger charge is 2.21. The van der Waals surface area contributed by atoms with Gasteiger partial charge in [-0.15, -0.1) is 5.10 Å². The van der Waals surface area contributed by atoms with Crippen molar-refractivity contribution in [3.05, 3.63) is 76.4 Å². The van der Waals surface area contributed by atoms with Gasteiger partial charge in [-0.05, 0) is 41.8 Å². The van der Waals surface area contributed by atoms with Gasteiger partial charge in [0.2, 0.25) is 0 Å². The molecule has 36 heavy (non-hydrogen) atoms. The minimum atomic E-state index is -0.368. The summed E-state index contributed by atoms with van der Waals surface area (Å²) in [7, 11) is 0. The van der Waals surface area contributed by atoms with Gasteiger partial charge in [0.1, 0.15) is 0 Å². The number of anilines is 1. The number of carbonyl (C=O) groups is 2. The maximum Gasteiger partial charge on any atom is 0.273 e. The van der Waals surface area contributed by atoms with Gasteiger partial charge in [0.15, 0.2) is 11.5 Å². The Bertz CT molecular complexity index is 1380. The standard InChI is InChI=1S/C26H26BrN7O2/c27-21-8-4-7-19-20(10-9-18(22(19)21)16-34-14-13-31-33-34)25(35)32-24-23(28-11-12-29-24)26(36)30-15-17-5-2-1-3-6-17/h4,7-14,17H,1-3,5-6,15-16H2,(H,30,36)(H,29,32,35). The van der Waals surface area contributed by atoms with Gasteiger partial charge in [0.05, 0.1) is 12.7 Å². The first-order valence-electron chi connectivity index (χ1n) is 12.0. The van der Waals surface area contributed by atoms with E-state index in [4.69, 9.17) is 0 Å². The van der Waals surface area contributed by atoms with E-state index in [0.29, 0.717) is 24.6 Å². The van der Waals surface area contributed by atoms with Crippen molar-refractivity contribution in [1.29, 1.82) is 0 Å². The molecule has 0 spiro atoms. The molecule has 0 unspecified atom stereocenters. The predicted molar refractivity (Wildman–Crippen MR) is 140 cm³/mol. The predicted octanol–water partition coefficient (Wildman–Crippen LogP) is 4.59.